The molecule has 0 saturated carbocycles. The molecule has 1 aliphatic rings. The van der Waals surface area contributed by atoms with Gasteiger partial charge in [0.05, 0.1) is 0 Å². The standard InChI is InChI=1S/C20H28N4/c1-17(2)24(16-18-10-6-5-7-11-18)19-12-13-21-20(22-19)23-14-8-3-4-9-15-23/h5-7,10-13,17H,3-4,8-9,14-16H2,1-2H3. The molecule has 0 amide bonds. The number of aromatic nitrogens is 2. The van der Waals surface area contributed by atoms with Crippen molar-refractivity contribution in [2.45, 2.75) is 52.1 Å². The van der Waals surface area contributed by atoms with Crippen LogP contribution in [-0.2, 0) is 6.54 Å². The van der Waals surface area contributed by atoms with Crippen molar-refractivity contribution in [1.29, 1.82) is 0 Å². The molecule has 2 aromatic rings. The van der Waals surface area contributed by atoms with Crippen LogP contribution in [0.4, 0.5) is 11.8 Å². The highest BCUT2D eigenvalue weighted by atomic mass is 15.3. The molecule has 0 atom stereocenters. The molecule has 3 rings (SSSR count). The van der Waals surface area contributed by atoms with E-state index >= 15 is 0 Å². The first-order valence-electron chi connectivity index (χ1n) is 9.12. The predicted molar refractivity (Wildman–Crippen MR) is 100 cm³/mol. The van der Waals surface area contributed by atoms with E-state index in [0.29, 0.717) is 6.04 Å². The lowest BCUT2D eigenvalue weighted by molar-refractivity contribution is 0.667. The third kappa shape index (κ3) is 4.25. The second-order valence-corrected chi connectivity index (χ2v) is 6.82. The van der Waals surface area contributed by atoms with E-state index in [1.807, 2.05) is 12.3 Å². The van der Waals surface area contributed by atoms with Crippen molar-refractivity contribution in [2.75, 3.05) is 22.9 Å². The normalized spacial score (nSPS) is 15.4. The van der Waals surface area contributed by atoms with Crippen LogP contribution in [0.3, 0.4) is 0 Å². The Kier molecular flexibility index (Phi) is 5.68. The first-order chi connectivity index (χ1) is 11.7. The van der Waals surface area contributed by atoms with Gasteiger partial charge >= 0.3 is 0 Å². The van der Waals surface area contributed by atoms with Crippen LogP contribution < -0.4 is 9.80 Å². The largest absolute Gasteiger partial charge is 0.350 e. The fourth-order valence-corrected chi connectivity index (χ4v) is 3.23. The average molecular weight is 324 g/mol. The van der Waals surface area contributed by atoms with Gasteiger partial charge in [-0.05, 0) is 38.3 Å². The molecule has 0 spiro atoms. The molecule has 4 heteroatoms. The predicted octanol–water partition coefficient (Wildman–Crippen LogP) is 4.27. The Balaban J connectivity index is 1.81. The van der Waals surface area contributed by atoms with Crippen molar-refractivity contribution in [3.63, 3.8) is 0 Å². The lowest BCUT2D eigenvalue weighted by atomic mass is 10.2. The molecule has 0 bridgehead atoms. The Morgan fingerprint density at radius 2 is 1.71 bits per heavy atom. The van der Waals surface area contributed by atoms with Crippen LogP contribution in [0.1, 0.15) is 45.1 Å². The minimum Gasteiger partial charge on any atom is -0.350 e. The zero-order chi connectivity index (χ0) is 16.8. The van der Waals surface area contributed by atoms with Crippen LogP contribution in [0.25, 0.3) is 0 Å². The van der Waals surface area contributed by atoms with Crippen molar-refractivity contribution in [1.82, 2.24) is 9.97 Å². The van der Waals surface area contributed by atoms with Crippen LogP contribution >= 0.6 is 0 Å². The summed E-state index contributed by atoms with van der Waals surface area (Å²) in [6, 6.07) is 13.0. The highest BCUT2D eigenvalue weighted by Gasteiger charge is 2.17. The van der Waals surface area contributed by atoms with Gasteiger partial charge in [-0.2, -0.15) is 4.98 Å². The zero-order valence-corrected chi connectivity index (χ0v) is 14.9. The molecule has 4 nitrogen and oxygen atoms in total. The molecule has 2 heterocycles. The zero-order valence-electron chi connectivity index (χ0n) is 14.9. The van der Waals surface area contributed by atoms with Gasteiger partial charge in [-0.15, -0.1) is 0 Å². The second-order valence-electron chi connectivity index (χ2n) is 6.82. The number of hydrogen-bond acceptors (Lipinski definition) is 4. The van der Waals surface area contributed by atoms with Crippen LogP contribution in [-0.4, -0.2) is 29.1 Å². The molecule has 1 fully saturated rings. The van der Waals surface area contributed by atoms with Gasteiger partial charge in [0, 0.05) is 31.9 Å². The van der Waals surface area contributed by atoms with Crippen LogP contribution in [0.2, 0.25) is 0 Å². The number of hydrogen-bond donors (Lipinski definition) is 0. The van der Waals surface area contributed by atoms with E-state index in [1.165, 1.54) is 31.2 Å². The third-order valence-corrected chi connectivity index (χ3v) is 4.63. The van der Waals surface area contributed by atoms with Gasteiger partial charge in [0.25, 0.3) is 0 Å². The van der Waals surface area contributed by atoms with Gasteiger partial charge < -0.3 is 9.80 Å². The van der Waals surface area contributed by atoms with E-state index in [2.05, 4.69) is 59.0 Å². The van der Waals surface area contributed by atoms with Crippen LogP contribution in [0.15, 0.2) is 42.6 Å². The van der Waals surface area contributed by atoms with Crippen molar-refractivity contribution >= 4 is 11.8 Å². The van der Waals surface area contributed by atoms with E-state index in [4.69, 9.17) is 4.98 Å². The second kappa shape index (κ2) is 8.13. The Morgan fingerprint density at radius 3 is 2.38 bits per heavy atom. The molecule has 1 aromatic carbocycles. The van der Waals surface area contributed by atoms with Gasteiger partial charge in [0.2, 0.25) is 5.95 Å². The summed E-state index contributed by atoms with van der Waals surface area (Å²) in [5, 5.41) is 0. The molecule has 1 saturated heterocycles. The summed E-state index contributed by atoms with van der Waals surface area (Å²) in [5.74, 6) is 1.90. The van der Waals surface area contributed by atoms with Crippen molar-refractivity contribution in [2.24, 2.45) is 0 Å². The minimum absolute atomic E-state index is 0.386. The molecular weight excluding hydrogens is 296 g/mol. The van der Waals surface area contributed by atoms with E-state index in [-0.39, 0.29) is 0 Å². The first kappa shape index (κ1) is 16.7. The number of benzene rings is 1. The van der Waals surface area contributed by atoms with Gasteiger partial charge in [0.15, 0.2) is 0 Å². The fourth-order valence-electron chi connectivity index (χ4n) is 3.23. The maximum absolute atomic E-state index is 4.90. The molecule has 1 aliphatic heterocycles. The number of rotatable bonds is 5. The van der Waals surface area contributed by atoms with E-state index < -0.39 is 0 Å². The maximum Gasteiger partial charge on any atom is 0.227 e. The molecule has 0 aliphatic carbocycles. The molecular formula is C20H28N4. The van der Waals surface area contributed by atoms with Gasteiger partial charge in [-0.25, -0.2) is 4.98 Å². The monoisotopic (exact) mass is 324 g/mol. The van der Waals surface area contributed by atoms with E-state index in [9.17, 15) is 0 Å². The smallest absolute Gasteiger partial charge is 0.227 e. The van der Waals surface area contributed by atoms with E-state index in [0.717, 1.165) is 31.4 Å². The number of nitrogens with zero attached hydrogens (tertiary/aromatic N) is 4. The lowest BCUT2D eigenvalue weighted by Crippen LogP contribution is -2.32. The maximum atomic E-state index is 4.90. The highest BCUT2D eigenvalue weighted by Crippen LogP contribution is 2.21. The molecule has 0 radical (unpaired) electrons. The first-order valence-corrected chi connectivity index (χ1v) is 9.12. The van der Waals surface area contributed by atoms with Crippen LogP contribution in [0, 0.1) is 0 Å². The Hall–Kier alpha value is -2.10. The van der Waals surface area contributed by atoms with Crippen molar-refractivity contribution in [3.05, 3.63) is 48.2 Å². The van der Waals surface area contributed by atoms with Crippen LogP contribution in [0.5, 0.6) is 0 Å². The topological polar surface area (TPSA) is 32.3 Å². The summed E-state index contributed by atoms with van der Waals surface area (Å²) in [6.07, 6.45) is 7.03. The Morgan fingerprint density at radius 1 is 1.00 bits per heavy atom. The third-order valence-electron chi connectivity index (χ3n) is 4.63. The number of anilines is 2. The quantitative estimate of drug-likeness (QED) is 0.822. The molecule has 0 N–H and O–H groups in total. The van der Waals surface area contributed by atoms with Crippen molar-refractivity contribution in [3.8, 4) is 0 Å². The highest BCUT2D eigenvalue weighted by molar-refractivity contribution is 5.45. The van der Waals surface area contributed by atoms with E-state index in [1.54, 1.807) is 0 Å². The molecule has 24 heavy (non-hydrogen) atoms. The minimum atomic E-state index is 0.386. The fraction of sp³-hybridized carbons (Fsp3) is 0.500. The summed E-state index contributed by atoms with van der Waals surface area (Å²) in [7, 11) is 0. The van der Waals surface area contributed by atoms with Gasteiger partial charge in [-0.3, -0.25) is 0 Å². The Labute approximate surface area is 145 Å². The molecule has 0 unspecified atom stereocenters. The molecule has 128 valence electrons. The summed E-state index contributed by atoms with van der Waals surface area (Å²) in [4.78, 5) is 14.1. The average Bonchev–Trinajstić information content (AvgIpc) is 2.90. The van der Waals surface area contributed by atoms with Crippen molar-refractivity contribution < 1.29 is 0 Å². The summed E-state index contributed by atoms with van der Waals surface area (Å²) in [5.41, 5.74) is 1.31. The van der Waals surface area contributed by atoms with Gasteiger partial charge in [0.1, 0.15) is 5.82 Å². The molecule has 1 aromatic heterocycles. The SMILES string of the molecule is CC(C)N(Cc1ccccc1)c1ccnc(N2CCCCCC2)n1. The summed E-state index contributed by atoms with van der Waals surface area (Å²) >= 11 is 0. The van der Waals surface area contributed by atoms with Gasteiger partial charge in [-0.1, -0.05) is 43.2 Å². The Bertz CT molecular complexity index is 619. The summed E-state index contributed by atoms with van der Waals surface area (Å²) < 4.78 is 0. The lowest BCUT2D eigenvalue weighted by Gasteiger charge is -2.29. The summed E-state index contributed by atoms with van der Waals surface area (Å²) in [6.45, 7) is 7.45.